The second-order valence-electron chi connectivity index (χ2n) is 3.04. The second-order valence-corrected chi connectivity index (χ2v) is 4.21. The highest BCUT2D eigenvalue weighted by Gasteiger charge is 2.14. The van der Waals surface area contributed by atoms with Gasteiger partial charge in [-0.25, -0.2) is 10.0 Å². The zero-order valence-electron chi connectivity index (χ0n) is 8.58. The van der Waals surface area contributed by atoms with Crippen molar-refractivity contribution in [3.8, 4) is 0 Å². The van der Waals surface area contributed by atoms with Gasteiger partial charge in [0, 0.05) is 12.6 Å². The van der Waals surface area contributed by atoms with Crippen molar-refractivity contribution >= 4 is 13.7 Å². The summed E-state index contributed by atoms with van der Waals surface area (Å²) in [6.07, 6.45) is 3.40. The van der Waals surface area contributed by atoms with Crippen molar-refractivity contribution in [3.05, 3.63) is 12.2 Å². The standard InChI is InChI=1S/C7H15N2O5P/c1-9(2)6-4-3-5-7(10)8-14-15(11,12)13/h3,5H,4,6H2,1-2H3,(H,8,10)(H2,11,12,13). The third-order valence-electron chi connectivity index (χ3n) is 1.28. The van der Waals surface area contributed by atoms with Gasteiger partial charge in [-0.15, -0.1) is 0 Å². The van der Waals surface area contributed by atoms with Crippen molar-refractivity contribution in [1.29, 1.82) is 0 Å². The van der Waals surface area contributed by atoms with E-state index in [2.05, 4.69) is 4.62 Å². The van der Waals surface area contributed by atoms with Crippen LogP contribution in [0.5, 0.6) is 0 Å². The maximum Gasteiger partial charge on any atom is 0.491 e. The third-order valence-corrected chi connectivity index (χ3v) is 1.61. The molecule has 0 aromatic heterocycles. The van der Waals surface area contributed by atoms with Crippen molar-refractivity contribution in [2.24, 2.45) is 0 Å². The number of rotatable bonds is 6. The summed E-state index contributed by atoms with van der Waals surface area (Å²) in [5.41, 5.74) is 1.61. The second kappa shape index (κ2) is 6.71. The number of nitrogens with one attached hydrogen (secondary N) is 1. The molecule has 0 saturated carbocycles. The summed E-state index contributed by atoms with van der Waals surface area (Å²) in [4.78, 5) is 29.3. The quantitative estimate of drug-likeness (QED) is 0.332. The maximum atomic E-state index is 10.9. The van der Waals surface area contributed by atoms with Gasteiger partial charge in [-0.2, -0.15) is 4.62 Å². The minimum absolute atomic E-state index is 0.663. The van der Waals surface area contributed by atoms with Crippen LogP contribution in [0.25, 0.3) is 0 Å². The number of carbonyl (C=O) groups is 1. The lowest BCUT2D eigenvalue weighted by Crippen LogP contribution is -2.20. The normalized spacial score (nSPS) is 12.3. The summed E-state index contributed by atoms with van der Waals surface area (Å²) in [6, 6.07) is 0. The molecule has 3 N–H and O–H groups in total. The fourth-order valence-electron chi connectivity index (χ4n) is 0.662. The lowest BCUT2D eigenvalue weighted by atomic mass is 10.3. The molecule has 0 aliphatic carbocycles. The van der Waals surface area contributed by atoms with Gasteiger partial charge in [0.1, 0.15) is 0 Å². The minimum Gasteiger partial charge on any atom is -0.309 e. The van der Waals surface area contributed by atoms with E-state index < -0.39 is 13.7 Å². The molecule has 0 heterocycles. The van der Waals surface area contributed by atoms with Crippen LogP contribution in [0.2, 0.25) is 0 Å². The van der Waals surface area contributed by atoms with Gasteiger partial charge in [0.15, 0.2) is 0 Å². The van der Waals surface area contributed by atoms with Crippen LogP contribution in [-0.2, 0) is 14.0 Å². The van der Waals surface area contributed by atoms with Crippen molar-refractivity contribution in [2.75, 3.05) is 20.6 Å². The van der Waals surface area contributed by atoms with E-state index in [0.717, 1.165) is 12.6 Å². The third kappa shape index (κ3) is 11.2. The van der Waals surface area contributed by atoms with Crippen LogP contribution in [0.4, 0.5) is 0 Å². The summed E-state index contributed by atoms with van der Waals surface area (Å²) >= 11 is 0. The topological polar surface area (TPSA) is 99.1 Å². The van der Waals surface area contributed by atoms with E-state index in [1.165, 1.54) is 0 Å². The molecule has 0 bridgehead atoms. The maximum absolute atomic E-state index is 10.9. The number of hydroxylamine groups is 1. The highest BCUT2D eigenvalue weighted by atomic mass is 31.2. The van der Waals surface area contributed by atoms with Crippen molar-refractivity contribution in [2.45, 2.75) is 6.42 Å². The summed E-state index contributed by atoms with van der Waals surface area (Å²) in [5, 5.41) is 0. The lowest BCUT2D eigenvalue weighted by molar-refractivity contribution is -0.123. The van der Waals surface area contributed by atoms with Gasteiger partial charge in [0.05, 0.1) is 0 Å². The number of hydrogen-bond acceptors (Lipinski definition) is 4. The number of nitrogens with zero attached hydrogens (tertiary/aromatic N) is 1. The van der Waals surface area contributed by atoms with Crippen LogP contribution in [0.15, 0.2) is 12.2 Å². The predicted octanol–water partition coefficient (Wildman–Crippen LogP) is -0.365. The Kier molecular flexibility index (Phi) is 6.38. The molecule has 0 saturated heterocycles. The largest absolute Gasteiger partial charge is 0.491 e. The molecule has 0 radical (unpaired) electrons. The van der Waals surface area contributed by atoms with Crippen LogP contribution in [0.3, 0.4) is 0 Å². The van der Waals surface area contributed by atoms with E-state index in [-0.39, 0.29) is 0 Å². The Morgan fingerprint density at radius 3 is 2.60 bits per heavy atom. The highest BCUT2D eigenvalue weighted by molar-refractivity contribution is 7.46. The Hall–Kier alpha value is -0.720. The minimum atomic E-state index is -4.65. The van der Waals surface area contributed by atoms with Gasteiger partial charge in [-0.3, -0.25) is 4.79 Å². The predicted molar refractivity (Wildman–Crippen MR) is 53.6 cm³/mol. The van der Waals surface area contributed by atoms with E-state index in [1.807, 2.05) is 19.0 Å². The molecule has 15 heavy (non-hydrogen) atoms. The molecule has 0 unspecified atom stereocenters. The average Bonchev–Trinajstić information content (AvgIpc) is 2.07. The first-order valence-electron chi connectivity index (χ1n) is 4.16. The molecule has 8 heteroatoms. The Morgan fingerprint density at radius 1 is 1.53 bits per heavy atom. The van der Waals surface area contributed by atoms with Crippen LogP contribution >= 0.6 is 7.82 Å². The Balaban J connectivity index is 3.70. The van der Waals surface area contributed by atoms with Crippen molar-refractivity contribution in [1.82, 2.24) is 10.4 Å². The zero-order valence-corrected chi connectivity index (χ0v) is 9.48. The first-order valence-corrected chi connectivity index (χ1v) is 5.69. The molecule has 7 nitrogen and oxygen atoms in total. The molecule has 1 amide bonds. The molecule has 0 atom stereocenters. The fourth-order valence-corrected chi connectivity index (χ4v) is 0.870. The van der Waals surface area contributed by atoms with Crippen LogP contribution in [0, 0.1) is 0 Å². The van der Waals surface area contributed by atoms with Crippen molar-refractivity contribution < 1.29 is 23.8 Å². The number of carbonyl (C=O) groups excluding carboxylic acids is 1. The van der Waals surface area contributed by atoms with Gasteiger partial charge in [0.25, 0.3) is 5.91 Å². The molecule has 0 aliphatic heterocycles. The molecule has 0 aromatic carbocycles. The Bertz CT molecular complexity index is 273. The first-order chi connectivity index (χ1) is 6.81. The van der Waals surface area contributed by atoms with Gasteiger partial charge >= 0.3 is 7.82 Å². The summed E-state index contributed by atoms with van der Waals surface area (Å²) in [7, 11) is -0.861. The average molecular weight is 238 g/mol. The van der Waals surface area contributed by atoms with Crippen LogP contribution < -0.4 is 5.48 Å². The van der Waals surface area contributed by atoms with Crippen LogP contribution in [-0.4, -0.2) is 41.2 Å². The highest BCUT2D eigenvalue weighted by Crippen LogP contribution is 2.33. The van der Waals surface area contributed by atoms with Crippen LogP contribution in [0.1, 0.15) is 6.42 Å². The van der Waals surface area contributed by atoms with E-state index in [1.54, 1.807) is 11.6 Å². The molecule has 0 rings (SSSR count). The zero-order chi connectivity index (χ0) is 11.9. The monoisotopic (exact) mass is 238 g/mol. The van der Waals surface area contributed by atoms with E-state index in [4.69, 9.17) is 9.79 Å². The van der Waals surface area contributed by atoms with E-state index >= 15 is 0 Å². The summed E-state index contributed by atoms with van der Waals surface area (Å²) < 4.78 is 14.0. The molecule has 0 aromatic rings. The van der Waals surface area contributed by atoms with Gasteiger partial charge in [0.2, 0.25) is 0 Å². The molecule has 0 spiro atoms. The first kappa shape index (κ1) is 14.3. The molecular weight excluding hydrogens is 223 g/mol. The van der Waals surface area contributed by atoms with Crippen molar-refractivity contribution in [3.63, 3.8) is 0 Å². The summed E-state index contributed by atoms with van der Waals surface area (Å²) in [6.45, 7) is 0.781. The van der Waals surface area contributed by atoms with E-state index in [9.17, 15) is 9.36 Å². The smallest absolute Gasteiger partial charge is 0.309 e. The molecule has 88 valence electrons. The molecule has 0 aliphatic rings. The van der Waals surface area contributed by atoms with E-state index in [0.29, 0.717) is 6.42 Å². The summed E-state index contributed by atoms with van der Waals surface area (Å²) in [5.74, 6) is -0.711. The number of amides is 1. The SMILES string of the molecule is CN(C)CCC=CC(=O)NOP(=O)(O)O. The molecular formula is C7H15N2O5P. The Morgan fingerprint density at radius 2 is 2.13 bits per heavy atom. The van der Waals surface area contributed by atoms with Gasteiger partial charge in [-0.1, -0.05) is 6.08 Å². The number of phosphoric acid groups is 1. The Labute approximate surface area is 87.9 Å². The van der Waals surface area contributed by atoms with Gasteiger partial charge < -0.3 is 14.7 Å². The lowest BCUT2D eigenvalue weighted by Gasteiger charge is -2.05. The molecule has 0 fully saturated rings. The fraction of sp³-hybridized carbons (Fsp3) is 0.571. The number of hydrogen-bond donors (Lipinski definition) is 3. The van der Waals surface area contributed by atoms with Gasteiger partial charge in [-0.05, 0) is 20.5 Å².